The highest BCUT2D eigenvalue weighted by Crippen LogP contribution is 2.19. The summed E-state index contributed by atoms with van der Waals surface area (Å²) in [5.74, 6) is -0.712. The molecular formula is C39H72O4. The molecule has 0 spiro atoms. The first-order valence-corrected chi connectivity index (χ1v) is 18.8. The molecule has 4 nitrogen and oxygen atoms in total. The second-order valence-corrected chi connectivity index (χ2v) is 12.8. The number of unbranched alkanes of at least 4 members (excludes halogenated alkanes) is 21. The lowest BCUT2D eigenvalue weighted by Gasteiger charge is -2.18. The number of rotatable bonds is 34. The van der Waals surface area contributed by atoms with E-state index in [1.54, 1.807) is 0 Å². The normalized spacial score (nSPS) is 12.4. The first-order chi connectivity index (χ1) is 21.1. The first kappa shape index (κ1) is 41.4. The molecule has 0 fully saturated rings. The van der Waals surface area contributed by atoms with E-state index in [2.05, 4.69) is 38.2 Å². The zero-order valence-corrected chi connectivity index (χ0v) is 28.8. The molecule has 0 bridgehead atoms. The summed E-state index contributed by atoms with van der Waals surface area (Å²) in [4.78, 5) is 23.3. The second-order valence-electron chi connectivity index (χ2n) is 12.8. The monoisotopic (exact) mass is 605 g/mol. The van der Waals surface area contributed by atoms with E-state index in [4.69, 9.17) is 9.84 Å². The van der Waals surface area contributed by atoms with Crippen LogP contribution in [0, 0.1) is 0 Å². The lowest BCUT2D eigenvalue weighted by Crippen LogP contribution is -2.18. The van der Waals surface area contributed by atoms with E-state index in [1.165, 1.54) is 103 Å². The van der Waals surface area contributed by atoms with Gasteiger partial charge in [-0.1, -0.05) is 147 Å². The Kier molecular flexibility index (Phi) is 33.6. The molecule has 4 heteroatoms. The molecule has 0 aliphatic rings. The molecule has 1 unspecified atom stereocenters. The molecule has 252 valence electrons. The number of esters is 1. The third-order valence-corrected chi connectivity index (χ3v) is 8.43. The average Bonchev–Trinajstić information content (AvgIpc) is 2.99. The number of carbonyl (C=O) groups excluding carboxylic acids is 1. The highest BCUT2D eigenvalue weighted by Gasteiger charge is 2.14. The topological polar surface area (TPSA) is 63.6 Å². The largest absolute Gasteiger partial charge is 0.481 e. The average molecular weight is 605 g/mol. The number of ether oxygens (including phenoxy) is 1. The number of hydrogen-bond donors (Lipinski definition) is 1. The predicted molar refractivity (Wildman–Crippen MR) is 186 cm³/mol. The highest BCUT2D eigenvalue weighted by molar-refractivity contribution is 5.69. The standard InChI is InChI=1S/C39H72O4/c1-3-5-7-9-11-13-14-15-16-17-18-19-21-23-28-32-36-39(42)43-37(34-30-26-24-27-31-35-38(40)41)33-29-25-22-20-12-10-8-6-4-2/h13-14,16-17,37H,3-12,15,18-36H2,1-2H3,(H,40,41)/b14-13-,17-16-. The van der Waals surface area contributed by atoms with Crippen molar-refractivity contribution in [1.29, 1.82) is 0 Å². The van der Waals surface area contributed by atoms with Gasteiger partial charge in [0.05, 0.1) is 0 Å². The lowest BCUT2D eigenvalue weighted by molar-refractivity contribution is -0.150. The maximum atomic E-state index is 12.6. The zero-order valence-electron chi connectivity index (χ0n) is 28.8. The molecule has 0 amide bonds. The Balaban J connectivity index is 4.01. The summed E-state index contributed by atoms with van der Waals surface area (Å²) in [6.45, 7) is 4.52. The number of hydrogen-bond acceptors (Lipinski definition) is 3. The van der Waals surface area contributed by atoms with Crippen molar-refractivity contribution in [2.75, 3.05) is 0 Å². The minimum Gasteiger partial charge on any atom is -0.481 e. The molecule has 0 aromatic rings. The second kappa shape index (κ2) is 34.9. The minimum atomic E-state index is -0.702. The molecular weight excluding hydrogens is 532 g/mol. The van der Waals surface area contributed by atoms with Crippen molar-refractivity contribution in [3.63, 3.8) is 0 Å². The Morgan fingerprint density at radius 1 is 0.512 bits per heavy atom. The SMILES string of the molecule is CCCCCC/C=C\C/C=C\CCCCCCCC(=O)OC(CCCCCCCCCCC)CCCCCCCC(=O)O. The van der Waals surface area contributed by atoms with Gasteiger partial charge in [0.1, 0.15) is 6.10 Å². The van der Waals surface area contributed by atoms with Gasteiger partial charge in [-0.15, -0.1) is 0 Å². The fourth-order valence-corrected chi connectivity index (χ4v) is 5.63. The van der Waals surface area contributed by atoms with Crippen LogP contribution >= 0.6 is 0 Å². The van der Waals surface area contributed by atoms with Gasteiger partial charge in [-0.2, -0.15) is 0 Å². The van der Waals surface area contributed by atoms with Crippen molar-refractivity contribution in [1.82, 2.24) is 0 Å². The van der Waals surface area contributed by atoms with Crippen LogP contribution < -0.4 is 0 Å². The Labute approximate surface area is 267 Å². The van der Waals surface area contributed by atoms with Crippen LogP contribution in [0.2, 0.25) is 0 Å². The molecule has 1 N–H and O–H groups in total. The van der Waals surface area contributed by atoms with Crippen molar-refractivity contribution in [2.45, 2.75) is 213 Å². The summed E-state index contributed by atoms with van der Waals surface area (Å²) in [7, 11) is 0. The van der Waals surface area contributed by atoms with Crippen LogP contribution in [0.1, 0.15) is 206 Å². The zero-order chi connectivity index (χ0) is 31.5. The molecule has 0 heterocycles. The summed E-state index contributed by atoms with van der Waals surface area (Å²) in [6.07, 6.45) is 43.3. The van der Waals surface area contributed by atoms with E-state index >= 15 is 0 Å². The molecule has 0 saturated heterocycles. The highest BCUT2D eigenvalue weighted by atomic mass is 16.5. The van der Waals surface area contributed by atoms with Crippen LogP contribution in [0.4, 0.5) is 0 Å². The van der Waals surface area contributed by atoms with Gasteiger partial charge < -0.3 is 9.84 Å². The van der Waals surface area contributed by atoms with Crippen LogP contribution in [-0.2, 0) is 14.3 Å². The first-order valence-electron chi connectivity index (χ1n) is 18.8. The maximum Gasteiger partial charge on any atom is 0.306 e. The van der Waals surface area contributed by atoms with E-state index in [0.29, 0.717) is 6.42 Å². The number of aliphatic carboxylic acids is 1. The Hall–Kier alpha value is -1.58. The van der Waals surface area contributed by atoms with Gasteiger partial charge in [0.25, 0.3) is 0 Å². The van der Waals surface area contributed by atoms with Gasteiger partial charge in [-0.05, 0) is 70.6 Å². The number of allylic oxidation sites excluding steroid dienone is 4. The van der Waals surface area contributed by atoms with Crippen LogP contribution in [0.15, 0.2) is 24.3 Å². The van der Waals surface area contributed by atoms with Gasteiger partial charge in [0.15, 0.2) is 0 Å². The summed E-state index contributed by atoms with van der Waals surface area (Å²) >= 11 is 0. The number of carboxylic acid groups (broad SMARTS) is 1. The summed E-state index contributed by atoms with van der Waals surface area (Å²) in [6, 6.07) is 0. The summed E-state index contributed by atoms with van der Waals surface area (Å²) < 4.78 is 5.97. The predicted octanol–water partition coefficient (Wildman–Crippen LogP) is 12.8. The van der Waals surface area contributed by atoms with E-state index in [1.807, 2.05) is 0 Å². The van der Waals surface area contributed by atoms with Gasteiger partial charge in [-0.3, -0.25) is 9.59 Å². The summed E-state index contributed by atoms with van der Waals surface area (Å²) in [5, 5.41) is 8.79. The van der Waals surface area contributed by atoms with Crippen molar-refractivity contribution in [2.24, 2.45) is 0 Å². The molecule has 0 aromatic carbocycles. The van der Waals surface area contributed by atoms with Crippen LogP contribution in [-0.4, -0.2) is 23.1 Å². The van der Waals surface area contributed by atoms with Crippen LogP contribution in [0.5, 0.6) is 0 Å². The molecule has 0 aliphatic heterocycles. The van der Waals surface area contributed by atoms with Crippen molar-refractivity contribution < 1.29 is 19.4 Å². The Morgan fingerprint density at radius 2 is 0.907 bits per heavy atom. The van der Waals surface area contributed by atoms with E-state index < -0.39 is 5.97 Å². The lowest BCUT2D eigenvalue weighted by atomic mass is 10.0. The van der Waals surface area contributed by atoms with E-state index in [-0.39, 0.29) is 18.5 Å². The Morgan fingerprint density at radius 3 is 1.40 bits per heavy atom. The van der Waals surface area contributed by atoms with Gasteiger partial charge >= 0.3 is 11.9 Å². The molecule has 0 radical (unpaired) electrons. The maximum absolute atomic E-state index is 12.6. The van der Waals surface area contributed by atoms with Crippen LogP contribution in [0.25, 0.3) is 0 Å². The van der Waals surface area contributed by atoms with Crippen molar-refractivity contribution in [3.05, 3.63) is 24.3 Å². The van der Waals surface area contributed by atoms with Gasteiger partial charge in [0, 0.05) is 12.8 Å². The third kappa shape index (κ3) is 34.8. The van der Waals surface area contributed by atoms with Gasteiger partial charge in [0.2, 0.25) is 0 Å². The molecule has 0 aromatic heterocycles. The smallest absolute Gasteiger partial charge is 0.306 e. The van der Waals surface area contributed by atoms with E-state index in [0.717, 1.165) is 77.0 Å². The van der Waals surface area contributed by atoms with Gasteiger partial charge in [-0.25, -0.2) is 0 Å². The third-order valence-electron chi connectivity index (χ3n) is 8.43. The fraction of sp³-hybridized carbons (Fsp3) is 0.846. The number of carbonyl (C=O) groups is 2. The fourth-order valence-electron chi connectivity index (χ4n) is 5.63. The van der Waals surface area contributed by atoms with Crippen molar-refractivity contribution in [3.8, 4) is 0 Å². The quantitative estimate of drug-likeness (QED) is 0.0451. The summed E-state index contributed by atoms with van der Waals surface area (Å²) in [5.41, 5.74) is 0. The molecule has 0 saturated carbocycles. The Bertz CT molecular complexity index is 654. The molecule has 1 atom stereocenters. The van der Waals surface area contributed by atoms with Crippen molar-refractivity contribution >= 4 is 11.9 Å². The molecule has 43 heavy (non-hydrogen) atoms. The molecule has 0 aliphatic carbocycles. The van der Waals surface area contributed by atoms with E-state index in [9.17, 15) is 9.59 Å². The van der Waals surface area contributed by atoms with Crippen LogP contribution in [0.3, 0.4) is 0 Å². The number of carboxylic acids is 1. The minimum absolute atomic E-state index is 0.0104. The molecule has 0 rings (SSSR count).